The zero-order chi connectivity index (χ0) is 20.3. The Morgan fingerprint density at radius 1 is 0.862 bits per heavy atom. The monoisotopic (exact) mass is 494 g/mol. The molecule has 1 heterocycles. The average Bonchev–Trinajstić information content (AvgIpc) is 3.08. The summed E-state index contributed by atoms with van der Waals surface area (Å²) in [5, 5.41) is 0. The van der Waals surface area contributed by atoms with Crippen molar-refractivity contribution in [3.8, 4) is 0 Å². The van der Waals surface area contributed by atoms with E-state index in [1.165, 1.54) is 0 Å². The van der Waals surface area contributed by atoms with Crippen molar-refractivity contribution in [3.05, 3.63) is 96.6 Å². The van der Waals surface area contributed by atoms with Crippen LogP contribution in [0.4, 0.5) is 0 Å². The van der Waals surface area contributed by atoms with Gasteiger partial charge in [0.25, 0.3) is 0 Å². The third-order valence-electron chi connectivity index (χ3n) is 5.22. The normalized spacial score (nSPS) is 17.8. The molecule has 0 aromatic heterocycles. The SMILES string of the molecule is NCC(=O)[N]1[C@@H](Cc2ccccc2)C(=O)[O][Sn]1([c]1ccccc1)[c]1ccccc1. The summed E-state index contributed by atoms with van der Waals surface area (Å²) in [6.45, 7) is -0.166. The first-order chi connectivity index (χ1) is 14.2. The van der Waals surface area contributed by atoms with Crippen LogP contribution >= 0.6 is 0 Å². The molecule has 0 aliphatic carbocycles. The quantitative estimate of drug-likeness (QED) is 0.543. The van der Waals surface area contributed by atoms with Crippen molar-refractivity contribution in [1.82, 2.24) is 3.12 Å². The Labute approximate surface area is 174 Å². The van der Waals surface area contributed by atoms with Gasteiger partial charge in [0.2, 0.25) is 0 Å². The third-order valence-corrected chi connectivity index (χ3v) is 16.5. The fraction of sp³-hybridized carbons (Fsp3) is 0.130. The Kier molecular flexibility index (Phi) is 5.69. The van der Waals surface area contributed by atoms with Gasteiger partial charge in [-0.2, -0.15) is 0 Å². The molecule has 1 saturated heterocycles. The van der Waals surface area contributed by atoms with Crippen molar-refractivity contribution in [1.29, 1.82) is 0 Å². The molecule has 146 valence electrons. The van der Waals surface area contributed by atoms with Gasteiger partial charge in [0, 0.05) is 0 Å². The molecule has 4 rings (SSSR count). The number of nitrogens with two attached hydrogens (primary N) is 1. The Bertz CT molecular complexity index is 957. The van der Waals surface area contributed by atoms with Gasteiger partial charge in [-0.05, 0) is 0 Å². The molecule has 0 bridgehead atoms. The van der Waals surface area contributed by atoms with Crippen molar-refractivity contribution in [2.45, 2.75) is 12.5 Å². The molecule has 1 aliphatic heterocycles. The molecular formula is C23H22N2O3Sn. The number of hydrogen-bond acceptors (Lipinski definition) is 4. The number of rotatable bonds is 5. The van der Waals surface area contributed by atoms with Crippen LogP contribution in [0.2, 0.25) is 0 Å². The second-order valence-electron chi connectivity index (χ2n) is 6.97. The zero-order valence-electron chi connectivity index (χ0n) is 15.9. The first kappa shape index (κ1) is 19.7. The second kappa shape index (κ2) is 8.39. The van der Waals surface area contributed by atoms with E-state index in [4.69, 9.17) is 8.81 Å². The van der Waals surface area contributed by atoms with Gasteiger partial charge >= 0.3 is 175 Å². The first-order valence-corrected chi connectivity index (χ1v) is 14.9. The number of amides is 1. The summed E-state index contributed by atoms with van der Waals surface area (Å²) in [6, 6.07) is 28.3. The summed E-state index contributed by atoms with van der Waals surface area (Å²) in [7, 11) is 0. The van der Waals surface area contributed by atoms with Crippen molar-refractivity contribution in [3.63, 3.8) is 0 Å². The third kappa shape index (κ3) is 3.56. The molecule has 0 saturated carbocycles. The van der Waals surface area contributed by atoms with Gasteiger partial charge in [-0.15, -0.1) is 0 Å². The minimum absolute atomic E-state index is 0.166. The second-order valence-corrected chi connectivity index (χ2v) is 15.9. The molecule has 1 amide bonds. The van der Waals surface area contributed by atoms with Crippen LogP contribution in [0.1, 0.15) is 5.56 Å². The molecule has 1 atom stereocenters. The van der Waals surface area contributed by atoms with Crippen LogP contribution in [0.15, 0.2) is 91.0 Å². The van der Waals surface area contributed by atoms with Gasteiger partial charge in [-0.25, -0.2) is 0 Å². The van der Waals surface area contributed by atoms with Gasteiger partial charge in [0.05, 0.1) is 0 Å². The van der Waals surface area contributed by atoms with Crippen LogP contribution < -0.4 is 12.9 Å². The van der Waals surface area contributed by atoms with Crippen LogP contribution in [-0.2, 0) is 19.1 Å². The van der Waals surface area contributed by atoms with Gasteiger partial charge < -0.3 is 0 Å². The number of nitrogens with zero attached hydrogens (tertiary/aromatic N) is 1. The standard InChI is InChI=1S/C11H14N2O3.2C6H5.Sn/c12-7-10(14)13-9(11(15)16)6-8-4-2-1-3-5-8;2*1-2-4-6-5-3-1;/h1-5,9H,6-7,12H2,(H2,13,14,15,16);2*1-5H;/q;;;+2/p-2/t9-;;;/m0.../s1. The molecule has 5 nitrogen and oxygen atoms in total. The summed E-state index contributed by atoms with van der Waals surface area (Å²) in [5.74, 6) is -0.598. The zero-order valence-corrected chi connectivity index (χ0v) is 18.8. The summed E-state index contributed by atoms with van der Waals surface area (Å²) in [6.07, 6.45) is 0.406. The van der Waals surface area contributed by atoms with E-state index in [-0.39, 0.29) is 18.4 Å². The summed E-state index contributed by atoms with van der Waals surface area (Å²) in [4.78, 5) is 26.3. The Morgan fingerprint density at radius 2 is 1.34 bits per heavy atom. The van der Waals surface area contributed by atoms with Crippen LogP contribution in [-0.4, -0.2) is 46.6 Å². The van der Waals surface area contributed by atoms with E-state index in [2.05, 4.69) is 0 Å². The Hall–Kier alpha value is -2.64. The molecule has 0 unspecified atom stereocenters. The summed E-state index contributed by atoms with van der Waals surface area (Å²) in [5.41, 5.74) is 6.78. The van der Waals surface area contributed by atoms with Crippen molar-refractivity contribution in [2.24, 2.45) is 5.73 Å². The molecule has 3 aromatic rings. The van der Waals surface area contributed by atoms with Crippen LogP contribution in [0, 0.1) is 0 Å². The van der Waals surface area contributed by atoms with Crippen LogP contribution in [0.5, 0.6) is 0 Å². The summed E-state index contributed by atoms with van der Waals surface area (Å²) < 4.78 is 9.82. The Balaban J connectivity index is 1.89. The molecule has 1 aliphatic rings. The molecule has 0 radical (unpaired) electrons. The number of hydrogen-bond donors (Lipinski definition) is 1. The van der Waals surface area contributed by atoms with Gasteiger partial charge in [-0.3, -0.25) is 0 Å². The van der Waals surface area contributed by atoms with E-state index in [9.17, 15) is 9.59 Å². The fourth-order valence-corrected chi connectivity index (χ4v) is 15.4. The fourth-order valence-electron chi connectivity index (χ4n) is 3.94. The van der Waals surface area contributed by atoms with E-state index >= 15 is 0 Å². The topological polar surface area (TPSA) is 72.6 Å². The molecule has 2 N–H and O–H groups in total. The number of benzene rings is 3. The van der Waals surface area contributed by atoms with Crippen molar-refractivity contribution < 1.29 is 12.7 Å². The average molecular weight is 493 g/mol. The van der Waals surface area contributed by atoms with Gasteiger partial charge in [0.1, 0.15) is 0 Å². The molecule has 6 heteroatoms. The minimum atomic E-state index is -4.33. The van der Waals surface area contributed by atoms with Crippen molar-refractivity contribution >= 4 is 38.1 Å². The van der Waals surface area contributed by atoms with E-state index in [0.29, 0.717) is 6.42 Å². The molecule has 0 spiro atoms. The first-order valence-electron chi connectivity index (χ1n) is 9.57. The predicted octanol–water partition coefficient (Wildman–Crippen LogP) is 1.20. The maximum atomic E-state index is 13.2. The van der Waals surface area contributed by atoms with Gasteiger partial charge in [-0.1, -0.05) is 0 Å². The Morgan fingerprint density at radius 3 is 1.83 bits per heavy atom. The molecular weight excluding hydrogens is 471 g/mol. The maximum absolute atomic E-state index is 13.2. The van der Waals surface area contributed by atoms with Crippen LogP contribution in [0.3, 0.4) is 0 Å². The van der Waals surface area contributed by atoms with E-state index in [0.717, 1.165) is 12.7 Å². The van der Waals surface area contributed by atoms with Gasteiger partial charge in [0.15, 0.2) is 0 Å². The molecule has 3 aromatic carbocycles. The summed E-state index contributed by atoms with van der Waals surface area (Å²) >= 11 is -4.33. The van der Waals surface area contributed by atoms with Crippen molar-refractivity contribution in [2.75, 3.05) is 6.54 Å². The van der Waals surface area contributed by atoms with E-state index in [1.807, 2.05) is 91.0 Å². The molecule has 29 heavy (non-hydrogen) atoms. The van der Waals surface area contributed by atoms with Crippen LogP contribution in [0.25, 0.3) is 0 Å². The molecule has 1 fully saturated rings. The van der Waals surface area contributed by atoms with E-state index < -0.39 is 25.1 Å². The number of carbonyl (C=O) groups excluding carboxylic acids is 2. The predicted molar refractivity (Wildman–Crippen MR) is 114 cm³/mol. The van der Waals surface area contributed by atoms with E-state index in [1.54, 1.807) is 3.12 Å². The number of carbonyl (C=O) groups is 2.